The van der Waals surface area contributed by atoms with Crippen LogP contribution in [0.4, 0.5) is 0 Å². The van der Waals surface area contributed by atoms with Crippen LogP contribution in [0, 0.1) is 5.92 Å². The molecule has 1 saturated carbocycles. The first-order valence-electron chi connectivity index (χ1n) is 6.46. The van der Waals surface area contributed by atoms with E-state index in [9.17, 15) is 5.11 Å². The normalized spacial score (nSPS) is 33.7. The van der Waals surface area contributed by atoms with Crippen molar-refractivity contribution in [3.63, 3.8) is 0 Å². The molecule has 3 unspecified atom stereocenters. The van der Waals surface area contributed by atoms with E-state index in [2.05, 4.69) is 11.1 Å². The summed E-state index contributed by atoms with van der Waals surface area (Å²) in [4.78, 5) is 4.56. The van der Waals surface area contributed by atoms with Crippen LogP contribution in [-0.4, -0.2) is 16.2 Å². The highest BCUT2D eigenvalue weighted by Crippen LogP contribution is 2.42. The monoisotopic (exact) mass is 217 g/mol. The van der Waals surface area contributed by atoms with E-state index in [0.717, 1.165) is 12.8 Å². The van der Waals surface area contributed by atoms with Gasteiger partial charge >= 0.3 is 0 Å². The van der Waals surface area contributed by atoms with E-state index in [1.165, 1.54) is 36.9 Å². The molecule has 0 radical (unpaired) electrons. The quantitative estimate of drug-likeness (QED) is 0.784. The van der Waals surface area contributed by atoms with Gasteiger partial charge in [0.25, 0.3) is 0 Å². The van der Waals surface area contributed by atoms with Gasteiger partial charge < -0.3 is 5.11 Å². The molecule has 1 heterocycles. The van der Waals surface area contributed by atoms with Crippen molar-refractivity contribution < 1.29 is 5.11 Å². The topological polar surface area (TPSA) is 33.1 Å². The Balaban J connectivity index is 1.81. The first-order valence-corrected chi connectivity index (χ1v) is 6.46. The van der Waals surface area contributed by atoms with E-state index in [0.29, 0.717) is 11.8 Å². The lowest BCUT2D eigenvalue weighted by Crippen LogP contribution is -2.24. The Labute approximate surface area is 96.7 Å². The van der Waals surface area contributed by atoms with Crippen molar-refractivity contribution >= 4 is 0 Å². The van der Waals surface area contributed by atoms with Gasteiger partial charge in [-0.25, -0.2) is 0 Å². The lowest BCUT2D eigenvalue weighted by atomic mass is 9.77. The Hall–Kier alpha value is -0.890. The van der Waals surface area contributed by atoms with Gasteiger partial charge in [0, 0.05) is 17.8 Å². The Morgan fingerprint density at radius 2 is 2.19 bits per heavy atom. The maximum absolute atomic E-state index is 9.77. The molecule has 3 rings (SSSR count). The molecule has 1 aromatic heterocycles. The number of aliphatic hydroxyl groups excluding tert-OH is 1. The second-order valence-corrected chi connectivity index (χ2v) is 5.27. The molecule has 0 saturated heterocycles. The van der Waals surface area contributed by atoms with E-state index in [1.54, 1.807) is 0 Å². The van der Waals surface area contributed by atoms with Crippen LogP contribution in [0.15, 0.2) is 18.3 Å². The van der Waals surface area contributed by atoms with Crippen molar-refractivity contribution in [2.75, 3.05) is 0 Å². The second kappa shape index (κ2) is 4.17. The molecular formula is C14H19NO. The van der Waals surface area contributed by atoms with Crippen LogP contribution < -0.4 is 0 Å². The van der Waals surface area contributed by atoms with Crippen molar-refractivity contribution in [1.82, 2.24) is 4.98 Å². The summed E-state index contributed by atoms with van der Waals surface area (Å²) in [6, 6.07) is 4.25. The summed E-state index contributed by atoms with van der Waals surface area (Å²) in [6.07, 6.45) is 8.72. The molecule has 2 aliphatic rings. The summed E-state index contributed by atoms with van der Waals surface area (Å²) in [5.41, 5.74) is 2.76. The SMILES string of the molecule is OC1CCCC(C2CCc3cccnc32)C1. The summed E-state index contributed by atoms with van der Waals surface area (Å²) in [5, 5.41) is 9.77. The van der Waals surface area contributed by atoms with Crippen LogP contribution in [0.25, 0.3) is 0 Å². The predicted molar refractivity (Wildman–Crippen MR) is 63.3 cm³/mol. The van der Waals surface area contributed by atoms with Crippen molar-refractivity contribution in [2.24, 2.45) is 5.92 Å². The smallest absolute Gasteiger partial charge is 0.0543 e. The highest BCUT2D eigenvalue weighted by Gasteiger charge is 2.33. The Bertz CT molecular complexity index is 377. The molecule has 0 spiro atoms. The van der Waals surface area contributed by atoms with Crippen molar-refractivity contribution in [3.8, 4) is 0 Å². The minimum Gasteiger partial charge on any atom is -0.393 e. The number of pyridine rings is 1. The third kappa shape index (κ3) is 1.75. The minimum atomic E-state index is -0.0634. The first kappa shape index (κ1) is 10.3. The zero-order valence-corrected chi connectivity index (χ0v) is 9.60. The van der Waals surface area contributed by atoms with E-state index < -0.39 is 0 Å². The molecule has 1 aromatic rings. The minimum absolute atomic E-state index is 0.0634. The molecule has 1 fully saturated rings. The van der Waals surface area contributed by atoms with Gasteiger partial charge in [0.05, 0.1) is 6.10 Å². The van der Waals surface area contributed by atoms with E-state index in [1.807, 2.05) is 12.3 Å². The number of rotatable bonds is 1. The van der Waals surface area contributed by atoms with Crippen molar-refractivity contribution in [2.45, 2.75) is 50.5 Å². The van der Waals surface area contributed by atoms with Gasteiger partial charge in [-0.2, -0.15) is 0 Å². The zero-order valence-electron chi connectivity index (χ0n) is 9.60. The van der Waals surface area contributed by atoms with Gasteiger partial charge in [-0.3, -0.25) is 4.98 Å². The predicted octanol–water partition coefficient (Wildman–Crippen LogP) is 2.66. The summed E-state index contributed by atoms with van der Waals surface area (Å²) < 4.78 is 0. The van der Waals surface area contributed by atoms with E-state index >= 15 is 0 Å². The first-order chi connectivity index (χ1) is 7.84. The Morgan fingerprint density at radius 1 is 1.25 bits per heavy atom. The average Bonchev–Trinajstić information content (AvgIpc) is 2.72. The standard InChI is InChI=1S/C14H19NO/c16-12-5-1-3-11(9-12)13-7-6-10-4-2-8-15-14(10)13/h2,4,8,11-13,16H,1,3,5-7,9H2. The average molecular weight is 217 g/mol. The Morgan fingerprint density at radius 3 is 3.06 bits per heavy atom. The van der Waals surface area contributed by atoms with Crippen molar-refractivity contribution in [1.29, 1.82) is 0 Å². The third-order valence-corrected chi connectivity index (χ3v) is 4.26. The van der Waals surface area contributed by atoms with Crippen LogP contribution in [-0.2, 0) is 6.42 Å². The fourth-order valence-corrected chi connectivity index (χ4v) is 3.47. The highest BCUT2D eigenvalue weighted by atomic mass is 16.3. The van der Waals surface area contributed by atoms with Gasteiger partial charge in [0.1, 0.15) is 0 Å². The molecular weight excluding hydrogens is 198 g/mol. The highest BCUT2D eigenvalue weighted by molar-refractivity contribution is 5.29. The molecule has 86 valence electrons. The third-order valence-electron chi connectivity index (χ3n) is 4.26. The maximum Gasteiger partial charge on any atom is 0.0543 e. The lowest BCUT2D eigenvalue weighted by molar-refractivity contribution is 0.0914. The fraction of sp³-hybridized carbons (Fsp3) is 0.643. The molecule has 3 atom stereocenters. The molecule has 0 bridgehead atoms. The molecule has 2 heteroatoms. The van der Waals surface area contributed by atoms with E-state index in [-0.39, 0.29) is 6.10 Å². The fourth-order valence-electron chi connectivity index (χ4n) is 3.47. The molecule has 1 N–H and O–H groups in total. The molecule has 0 aromatic carbocycles. The molecule has 2 nitrogen and oxygen atoms in total. The number of hydrogen-bond donors (Lipinski definition) is 1. The van der Waals surface area contributed by atoms with Crippen LogP contribution >= 0.6 is 0 Å². The largest absolute Gasteiger partial charge is 0.393 e. The summed E-state index contributed by atoms with van der Waals surface area (Å²) >= 11 is 0. The summed E-state index contributed by atoms with van der Waals surface area (Å²) in [6.45, 7) is 0. The second-order valence-electron chi connectivity index (χ2n) is 5.27. The molecule has 2 aliphatic carbocycles. The van der Waals surface area contributed by atoms with Crippen LogP contribution in [0.2, 0.25) is 0 Å². The Kier molecular flexibility index (Phi) is 2.68. The van der Waals surface area contributed by atoms with Gasteiger partial charge in [0.2, 0.25) is 0 Å². The van der Waals surface area contributed by atoms with Crippen LogP contribution in [0.1, 0.15) is 49.3 Å². The van der Waals surface area contributed by atoms with Gasteiger partial charge in [-0.15, -0.1) is 0 Å². The van der Waals surface area contributed by atoms with Gasteiger partial charge in [-0.1, -0.05) is 12.5 Å². The van der Waals surface area contributed by atoms with E-state index in [4.69, 9.17) is 0 Å². The maximum atomic E-state index is 9.77. The number of aliphatic hydroxyl groups is 1. The number of hydrogen-bond acceptors (Lipinski definition) is 2. The van der Waals surface area contributed by atoms with Crippen molar-refractivity contribution in [3.05, 3.63) is 29.6 Å². The summed E-state index contributed by atoms with van der Waals surface area (Å²) in [5.74, 6) is 1.28. The number of nitrogens with zero attached hydrogens (tertiary/aromatic N) is 1. The number of aryl methyl sites for hydroxylation is 1. The zero-order chi connectivity index (χ0) is 11.0. The number of fused-ring (bicyclic) bond motifs is 1. The number of aromatic nitrogens is 1. The molecule has 0 aliphatic heterocycles. The summed E-state index contributed by atoms with van der Waals surface area (Å²) in [7, 11) is 0. The van der Waals surface area contributed by atoms with Gasteiger partial charge in [0.15, 0.2) is 0 Å². The molecule has 0 amide bonds. The van der Waals surface area contributed by atoms with Crippen LogP contribution in [0.3, 0.4) is 0 Å². The lowest BCUT2D eigenvalue weighted by Gasteiger charge is -2.30. The molecule has 16 heavy (non-hydrogen) atoms. The van der Waals surface area contributed by atoms with Gasteiger partial charge in [-0.05, 0) is 49.7 Å². The van der Waals surface area contributed by atoms with Crippen LogP contribution in [0.5, 0.6) is 0 Å².